The van der Waals surface area contributed by atoms with E-state index in [-0.39, 0.29) is 5.91 Å². The number of fused-ring (bicyclic) bond motifs is 1. The van der Waals surface area contributed by atoms with Crippen LogP contribution in [-0.2, 0) is 17.8 Å². The van der Waals surface area contributed by atoms with Crippen LogP contribution in [0.15, 0.2) is 36.9 Å². The van der Waals surface area contributed by atoms with Gasteiger partial charge in [0.15, 0.2) is 0 Å². The molecular weight excluding hydrogens is 314 g/mol. The maximum absolute atomic E-state index is 13.0. The van der Waals surface area contributed by atoms with E-state index in [2.05, 4.69) is 33.2 Å². The van der Waals surface area contributed by atoms with Gasteiger partial charge in [-0.25, -0.2) is 4.98 Å². The second kappa shape index (κ2) is 7.35. The Hall–Kier alpha value is -2.21. The first kappa shape index (κ1) is 16.3. The van der Waals surface area contributed by atoms with Gasteiger partial charge in [-0.05, 0) is 43.9 Å². The van der Waals surface area contributed by atoms with Crippen molar-refractivity contribution >= 4 is 11.6 Å². The fourth-order valence-electron chi connectivity index (χ4n) is 4.07. The second-order valence-electron chi connectivity index (χ2n) is 7.02. The summed E-state index contributed by atoms with van der Waals surface area (Å²) in [5.41, 5.74) is 2.39. The Morgan fingerprint density at radius 2 is 2.08 bits per heavy atom. The first-order valence-corrected chi connectivity index (χ1v) is 9.26. The average Bonchev–Trinajstić information content (AvgIpc) is 3.16. The lowest BCUT2D eigenvalue weighted by Gasteiger charge is -2.37. The second-order valence-corrected chi connectivity index (χ2v) is 7.02. The summed E-state index contributed by atoms with van der Waals surface area (Å²) in [4.78, 5) is 21.4. The predicted octanol–water partition coefficient (Wildman–Crippen LogP) is 2.11. The number of hydrogen-bond acceptors (Lipinski definition) is 4. The summed E-state index contributed by atoms with van der Waals surface area (Å²) in [6.07, 6.45) is 8.94. The van der Waals surface area contributed by atoms with Crippen molar-refractivity contribution < 1.29 is 4.79 Å². The van der Waals surface area contributed by atoms with Gasteiger partial charge >= 0.3 is 0 Å². The van der Waals surface area contributed by atoms with E-state index in [1.807, 2.05) is 15.6 Å². The van der Waals surface area contributed by atoms with E-state index in [4.69, 9.17) is 0 Å². The summed E-state index contributed by atoms with van der Waals surface area (Å²) in [7, 11) is 0. The first-order chi connectivity index (χ1) is 12.3. The molecule has 1 aromatic carbocycles. The molecule has 3 heterocycles. The van der Waals surface area contributed by atoms with Gasteiger partial charge < -0.3 is 4.90 Å². The molecule has 1 aromatic heterocycles. The lowest BCUT2D eigenvalue weighted by Crippen LogP contribution is -2.49. The predicted molar refractivity (Wildman–Crippen MR) is 96.4 cm³/mol. The van der Waals surface area contributed by atoms with Crippen LogP contribution in [0.4, 0.5) is 5.69 Å². The molecule has 2 aliphatic heterocycles. The van der Waals surface area contributed by atoms with Gasteiger partial charge in [-0.2, -0.15) is 5.10 Å². The van der Waals surface area contributed by atoms with E-state index in [1.54, 1.807) is 12.7 Å². The zero-order valence-electron chi connectivity index (χ0n) is 14.5. The highest BCUT2D eigenvalue weighted by atomic mass is 16.2. The monoisotopic (exact) mass is 339 g/mol. The molecule has 0 saturated carbocycles. The Kier molecular flexibility index (Phi) is 4.78. The fourth-order valence-corrected chi connectivity index (χ4v) is 4.07. The van der Waals surface area contributed by atoms with Gasteiger partial charge in [0.2, 0.25) is 5.91 Å². The molecule has 2 aliphatic rings. The number of nitrogens with zero attached hydrogens (tertiary/aromatic N) is 5. The van der Waals surface area contributed by atoms with Crippen molar-refractivity contribution in [2.75, 3.05) is 24.5 Å². The third-order valence-corrected chi connectivity index (χ3v) is 5.36. The minimum absolute atomic E-state index is 0.220. The molecule has 1 unspecified atom stereocenters. The highest BCUT2D eigenvalue weighted by Gasteiger charge is 2.28. The van der Waals surface area contributed by atoms with Gasteiger partial charge in [-0.1, -0.05) is 24.6 Å². The third kappa shape index (κ3) is 3.58. The molecule has 2 aromatic rings. The van der Waals surface area contributed by atoms with Crippen molar-refractivity contribution in [2.45, 2.75) is 44.7 Å². The van der Waals surface area contributed by atoms with Crippen molar-refractivity contribution in [2.24, 2.45) is 0 Å². The van der Waals surface area contributed by atoms with Crippen LogP contribution in [0.3, 0.4) is 0 Å². The van der Waals surface area contributed by atoms with Crippen molar-refractivity contribution in [3.8, 4) is 0 Å². The summed E-state index contributed by atoms with van der Waals surface area (Å²) in [6, 6.07) is 8.67. The molecule has 132 valence electrons. The molecule has 25 heavy (non-hydrogen) atoms. The van der Waals surface area contributed by atoms with Crippen LogP contribution in [0.2, 0.25) is 0 Å². The number of hydrogen-bond donors (Lipinski definition) is 0. The van der Waals surface area contributed by atoms with Crippen LogP contribution in [-0.4, -0.2) is 51.2 Å². The van der Waals surface area contributed by atoms with E-state index >= 15 is 0 Å². The van der Waals surface area contributed by atoms with Crippen LogP contribution in [0.25, 0.3) is 0 Å². The van der Waals surface area contributed by atoms with E-state index in [0.29, 0.717) is 12.6 Å². The molecule has 0 bridgehead atoms. The number of piperidine rings is 1. The number of para-hydroxylation sites is 1. The number of aryl methyl sites for hydroxylation is 1. The molecule has 1 fully saturated rings. The minimum Gasteiger partial charge on any atom is -0.311 e. The van der Waals surface area contributed by atoms with Crippen LogP contribution < -0.4 is 4.90 Å². The van der Waals surface area contributed by atoms with Gasteiger partial charge in [-0.15, -0.1) is 0 Å². The zero-order valence-corrected chi connectivity index (χ0v) is 14.5. The maximum Gasteiger partial charge on any atom is 0.241 e. The number of anilines is 1. The van der Waals surface area contributed by atoms with Crippen molar-refractivity contribution in [1.29, 1.82) is 0 Å². The van der Waals surface area contributed by atoms with Crippen LogP contribution in [0.5, 0.6) is 0 Å². The first-order valence-electron chi connectivity index (χ1n) is 9.26. The summed E-state index contributed by atoms with van der Waals surface area (Å²) in [6.45, 7) is 3.12. The summed E-state index contributed by atoms with van der Waals surface area (Å²) in [5, 5.41) is 4.23. The number of amides is 1. The Bertz CT molecular complexity index is 714. The van der Waals surface area contributed by atoms with E-state index < -0.39 is 0 Å². The number of benzene rings is 1. The largest absolute Gasteiger partial charge is 0.311 e. The summed E-state index contributed by atoms with van der Waals surface area (Å²) in [5.74, 6) is 0.220. The number of rotatable bonds is 4. The Morgan fingerprint density at radius 1 is 1.16 bits per heavy atom. The molecule has 1 saturated heterocycles. The zero-order chi connectivity index (χ0) is 17.1. The van der Waals surface area contributed by atoms with Gasteiger partial charge in [0.25, 0.3) is 0 Å². The van der Waals surface area contributed by atoms with Gasteiger partial charge in [-0.3, -0.25) is 14.4 Å². The number of likely N-dealkylation sites (tertiary alicyclic amines) is 1. The van der Waals surface area contributed by atoms with Crippen molar-refractivity contribution in [1.82, 2.24) is 19.7 Å². The van der Waals surface area contributed by atoms with Crippen LogP contribution in [0, 0.1) is 0 Å². The SMILES string of the molecule is O=C(CN1CCCCC1Cn1cncn1)N1CCCc2ccccc21. The molecule has 4 rings (SSSR count). The standard InChI is InChI=1S/C19H25N5O/c25-19(24-11-5-7-16-6-1-2-9-18(16)24)13-22-10-4-3-8-17(22)12-23-15-20-14-21-23/h1-2,6,9,14-15,17H,3-5,7-8,10-13H2. The Balaban J connectivity index is 1.46. The van der Waals surface area contributed by atoms with Gasteiger partial charge in [0.1, 0.15) is 12.7 Å². The summed E-state index contributed by atoms with van der Waals surface area (Å²) < 4.78 is 1.88. The maximum atomic E-state index is 13.0. The van der Waals surface area contributed by atoms with Crippen molar-refractivity contribution in [3.63, 3.8) is 0 Å². The van der Waals surface area contributed by atoms with E-state index in [9.17, 15) is 4.79 Å². The fraction of sp³-hybridized carbons (Fsp3) is 0.526. The molecule has 1 atom stereocenters. The van der Waals surface area contributed by atoms with E-state index in [1.165, 1.54) is 12.0 Å². The number of carbonyl (C=O) groups is 1. The minimum atomic E-state index is 0.220. The number of carbonyl (C=O) groups excluding carboxylic acids is 1. The highest BCUT2D eigenvalue weighted by Crippen LogP contribution is 2.27. The van der Waals surface area contributed by atoms with Gasteiger partial charge in [0.05, 0.1) is 13.1 Å². The lowest BCUT2D eigenvalue weighted by atomic mass is 10.0. The Morgan fingerprint density at radius 3 is 2.96 bits per heavy atom. The molecule has 0 aliphatic carbocycles. The lowest BCUT2D eigenvalue weighted by molar-refractivity contribution is -0.120. The quantitative estimate of drug-likeness (QED) is 0.856. The van der Waals surface area contributed by atoms with Crippen LogP contribution in [0.1, 0.15) is 31.2 Å². The number of aromatic nitrogens is 3. The van der Waals surface area contributed by atoms with Gasteiger partial charge in [0, 0.05) is 18.3 Å². The topological polar surface area (TPSA) is 54.3 Å². The molecule has 6 nitrogen and oxygen atoms in total. The molecule has 1 amide bonds. The average molecular weight is 339 g/mol. The van der Waals surface area contributed by atoms with E-state index in [0.717, 1.165) is 51.0 Å². The molecular formula is C19H25N5O. The molecule has 6 heteroatoms. The third-order valence-electron chi connectivity index (χ3n) is 5.36. The van der Waals surface area contributed by atoms with Crippen molar-refractivity contribution in [3.05, 3.63) is 42.5 Å². The molecule has 0 radical (unpaired) electrons. The molecule has 0 spiro atoms. The highest BCUT2D eigenvalue weighted by molar-refractivity contribution is 5.96. The summed E-state index contributed by atoms with van der Waals surface area (Å²) >= 11 is 0. The smallest absolute Gasteiger partial charge is 0.241 e. The normalized spacial score (nSPS) is 21.1. The Labute approximate surface area is 148 Å². The van der Waals surface area contributed by atoms with Crippen LogP contribution >= 0.6 is 0 Å². The molecule has 0 N–H and O–H groups in total.